The Kier molecular flexibility index (Phi) is 2.76. The van der Waals surface area contributed by atoms with E-state index in [1.165, 1.54) is 0 Å². The van der Waals surface area contributed by atoms with Crippen LogP contribution in [0.15, 0.2) is 54.7 Å². The van der Waals surface area contributed by atoms with Crippen LogP contribution >= 0.6 is 0 Å². The summed E-state index contributed by atoms with van der Waals surface area (Å²) in [5.41, 5.74) is 8.14. The molecule has 0 aliphatic rings. The van der Waals surface area contributed by atoms with E-state index < -0.39 is 0 Å². The Hall–Kier alpha value is -2.62. The molecule has 0 radical (unpaired) electrons. The first-order chi connectivity index (χ1) is 9.25. The number of rotatable bonds is 3. The van der Waals surface area contributed by atoms with Gasteiger partial charge in [0.15, 0.2) is 0 Å². The average molecular weight is 254 g/mol. The average Bonchev–Trinajstić information content (AvgIpc) is 2.87. The second-order valence-corrected chi connectivity index (χ2v) is 4.34. The Bertz CT molecular complexity index is 705. The summed E-state index contributed by atoms with van der Waals surface area (Å²) in [6.45, 7) is 0.429. The van der Waals surface area contributed by atoms with Crippen LogP contribution in [0, 0.1) is 0 Å². The summed E-state index contributed by atoms with van der Waals surface area (Å²) in [6.07, 6.45) is 1.75. The van der Waals surface area contributed by atoms with Gasteiger partial charge >= 0.3 is 0 Å². The van der Waals surface area contributed by atoms with Crippen LogP contribution in [-0.4, -0.2) is 9.84 Å². The zero-order valence-corrected chi connectivity index (χ0v) is 10.3. The summed E-state index contributed by atoms with van der Waals surface area (Å²) in [5, 5.41) is 10.7. The molecule has 0 aliphatic heterocycles. The molecule has 4 heteroatoms. The van der Waals surface area contributed by atoms with Gasteiger partial charge in [0.2, 0.25) is 0 Å². The second-order valence-electron chi connectivity index (χ2n) is 4.34. The van der Waals surface area contributed by atoms with E-state index in [1.807, 2.05) is 36.4 Å². The summed E-state index contributed by atoms with van der Waals surface area (Å²) in [5.74, 6) is 0.155. The molecule has 3 rings (SSSR count). The smallest absolute Gasteiger partial charge is 0.143 e. The predicted molar refractivity (Wildman–Crippen MR) is 74.7 cm³/mol. The summed E-state index contributed by atoms with van der Waals surface area (Å²) in [4.78, 5) is 5.68. The molecule has 19 heavy (non-hydrogen) atoms. The van der Waals surface area contributed by atoms with Gasteiger partial charge in [-0.15, -0.1) is 0 Å². The molecular formula is C15H14N2O2. The van der Waals surface area contributed by atoms with Crippen LogP contribution in [0.2, 0.25) is 0 Å². The molecule has 96 valence electrons. The second kappa shape index (κ2) is 4.57. The monoisotopic (exact) mass is 254 g/mol. The van der Waals surface area contributed by atoms with E-state index in [2.05, 4.69) is 0 Å². The van der Waals surface area contributed by atoms with Gasteiger partial charge in [-0.3, -0.25) is 0 Å². The van der Waals surface area contributed by atoms with Gasteiger partial charge in [0, 0.05) is 17.3 Å². The minimum absolute atomic E-state index is 0.155. The molecule has 1 heterocycles. The van der Waals surface area contributed by atoms with Crippen molar-refractivity contribution in [1.82, 2.24) is 4.73 Å². The van der Waals surface area contributed by atoms with Crippen molar-refractivity contribution in [1.29, 1.82) is 0 Å². The van der Waals surface area contributed by atoms with Crippen molar-refractivity contribution in [3.05, 3.63) is 60.3 Å². The van der Waals surface area contributed by atoms with E-state index in [0.717, 1.165) is 10.9 Å². The Morgan fingerprint density at radius 2 is 1.84 bits per heavy atom. The maximum absolute atomic E-state index is 9.91. The van der Waals surface area contributed by atoms with Gasteiger partial charge in [-0.05, 0) is 23.8 Å². The lowest BCUT2D eigenvalue weighted by atomic mass is 10.2. The molecule has 0 saturated heterocycles. The fourth-order valence-corrected chi connectivity index (χ4v) is 2.06. The quantitative estimate of drug-likeness (QED) is 0.558. The number of nitrogens with zero attached hydrogens (tertiary/aromatic N) is 1. The van der Waals surface area contributed by atoms with Crippen molar-refractivity contribution in [2.75, 3.05) is 5.73 Å². The van der Waals surface area contributed by atoms with Gasteiger partial charge in [0.05, 0.1) is 0 Å². The van der Waals surface area contributed by atoms with Crippen molar-refractivity contribution in [3.63, 3.8) is 0 Å². The Morgan fingerprint density at radius 1 is 1.05 bits per heavy atom. The highest BCUT2D eigenvalue weighted by molar-refractivity contribution is 5.95. The van der Waals surface area contributed by atoms with Crippen LogP contribution in [0.1, 0.15) is 5.56 Å². The molecule has 0 saturated carbocycles. The lowest BCUT2D eigenvalue weighted by molar-refractivity contribution is 0.106. The molecule has 1 aromatic heterocycles. The van der Waals surface area contributed by atoms with Gasteiger partial charge in [-0.2, -0.15) is 4.73 Å². The molecule has 0 unspecified atom stereocenters. The number of phenols is 1. The Labute approximate surface area is 110 Å². The van der Waals surface area contributed by atoms with Crippen LogP contribution in [0.5, 0.6) is 5.75 Å². The Morgan fingerprint density at radius 3 is 2.63 bits per heavy atom. The molecule has 2 aromatic carbocycles. The highest BCUT2D eigenvalue weighted by atomic mass is 16.7. The molecule has 0 aliphatic carbocycles. The van der Waals surface area contributed by atoms with E-state index >= 15 is 0 Å². The summed E-state index contributed by atoms with van der Waals surface area (Å²) < 4.78 is 1.55. The molecule has 0 amide bonds. The van der Waals surface area contributed by atoms with Crippen LogP contribution in [-0.2, 0) is 6.61 Å². The largest absolute Gasteiger partial charge is 0.506 e. The summed E-state index contributed by atoms with van der Waals surface area (Å²) >= 11 is 0. The molecule has 4 nitrogen and oxygen atoms in total. The van der Waals surface area contributed by atoms with E-state index in [9.17, 15) is 5.11 Å². The number of hydrogen-bond acceptors (Lipinski definition) is 3. The molecule has 0 bridgehead atoms. The minimum Gasteiger partial charge on any atom is -0.506 e. The number of hydrogen-bond donors (Lipinski definition) is 2. The van der Waals surface area contributed by atoms with Crippen molar-refractivity contribution < 1.29 is 9.94 Å². The first kappa shape index (κ1) is 11.5. The summed E-state index contributed by atoms with van der Waals surface area (Å²) in [7, 11) is 0. The number of phenolic OH excluding ortho intramolecular Hbond substituents is 1. The van der Waals surface area contributed by atoms with Crippen LogP contribution < -0.4 is 10.6 Å². The number of aromatic nitrogens is 1. The number of aromatic hydroxyl groups is 1. The fraction of sp³-hybridized carbons (Fsp3) is 0.0667. The number of nitrogens with two attached hydrogens (primary N) is 1. The molecule has 0 fully saturated rings. The highest BCUT2D eigenvalue weighted by Gasteiger charge is 2.09. The highest BCUT2D eigenvalue weighted by Crippen LogP contribution is 2.29. The van der Waals surface area contributed by atoms with Gasteiger partial charge < -0.3 is 15.7 Å². The van der Waals surface area contributed by atoms with Gasteiger partial charge in [-0.1, -0.05) is 30.3 Å². The number of anilines is 1. The van der Waals surface area contributed by atoms with Gasteiger partial charge in [0.25, 0.3) is 0 Å². The lowest BCUT2D eigenvalue weighted by Gasteiger charge is -2.09. The van der Waals surface area contributed by atoms with Crippen LogP contribution in [0.4, 0.5) is 5.69 Å². The van der Waals surface area contributed by atoms with Crippen LogP contribution in [0.3, 0.4) is 0 Å². The first-order valence-electron chi connectivity index (χ1n) is 6.01. The number of nitrogen functional groups attached to an aromatic ring is 1. The maximum atomic E-state index is 9.91. The third-order valence-electron chi connectivity index (χ3n) is 3.04. The van der Waals surface area contributed by atoms with Crippen LogP contribution in [0.25, 0.3) is 10.9 Å². The normalized spacial score (nSPS) is 10.7. The van der Waals surface area contributed by atoms with E-state index in [0.29, 0.717) is 17.8 Å². The third-order valence-corrected chi connectivity index (χ3v) is 3.04. The minimum atomic E-state index is 0.155. The molecule has 0 spiro atoms. The van der Waals surface area contributed by atoms with Crippen molar-refractivity contribution in [2.24, 2.45) is 0 Å². The van der Waals surface area contributed by atoms with Crippen molar-refractivity contribution in [2.45, 2.75) is 6.61 Å². The third kappa shape index (κ3) is 2.08. The summed E-state index contributed by atoms with van der Waals surface area (Å²) in [6, 6.07) is 14.9. The zero-order chi connectivity index (χ0) is 13.2. The van der Waals surface area contributed by atoms with Crippen molar-refractivity contribution in [3.8, 4) is 5.75 Å². The van der Waals surface area contributed by atoms with Gasteiger partial charge in [0.1, 0.15) is 17.9 Å². The molecule has 3 aromatic rings. The molecule has 0 atom stereocenters. The van der Waals surface area contributed by atoms with Gasteiger partial charge in [-0.25, -0.2) is 0 Å². The van der Waals surface area contributed by atoms with Crippen molar-refractivity contribution >= 4 is 16.6 Å². The topological polar surface area (TPSA) is 60.4 Å². The standard InChI is InChI=1S/C15H14N2O2/c16-13-6-7-14(18)15-12(13)8-9-17(15)19-10-11-4-2-1-3-5-11/h1-9,18H,10,16H2. The predicted octanol–water partition coefficient (Wildman–Crippen LogP) is 2.56. The van der Waals surface area contributed by atoms with E-state index in [-0.39, 0.29) is 5.75 Å². The molecular weight excluding hydrogens is 240 g/mol. The lowest BCUT2D eigenvalue weighted by Crippen LogP contribution is -2.09. The number of benzene rings is 2. The zero-order valence-electron chi connectivity index (χ0n) is 10.3. The Balaban J connectivity index is 1.92. The van der Waals surface area contributed by atoms with E-state index in [4.69, 9.17) is 10.6 Å². The fourth-order valence-electron chi connectivity index (χ4n) is 2.06. The first-order valence-corrected chi connectivity index (χ1v) is 6.01. The SMILES string of the molecule is Nc1ccc(O)c2c1ccn2OCc1ccccc1. The number of fused-ring (bicyclic) bond motifs is 1. The molecule has 3 N–H and O–H groups in total. The maximum Gasteiger partial charge on any atom is 0.143 e. The van der Waals surface area contributed by atoms with E-state index in [1.54, 1.807) is 23.1 Å².